The molecule has 1 saturated heterocycles. The van der Waals surface area contributed by atoms with Crippen LogP contribution in [0.2, 0.25) is 0 Å². The molecule has 1 heterocycles. The highest BCUT2D eigenvalue weighted by Crippen LogP contribution is 2.35. The highest BCUT2D eigenvalue weighted by atomic mass is 16.5. The van der Waals surface area contributed by atoms with Gasteiger partial charge in [-0.2, -0.15) is 0 Å². The van der Waals surface area contributed by atoms with Crippen molar-refractivity contribution in [3.63, 3.8) is 0 Å². The van der Waals surface area contributed by atoms with Gasteiger partial charge < -0.3 is 4.74 Å². The molecule has 9 heteroatoms. The molecular formula is C66H80N4O5. The fourth-order valence-corrected chi connectivity index (χ4v) is 9.23. The third-order valence-corrected chi connectivity index (χ3v) is 14.4. The van der Waals surface area contributed by atoms with E-state index >= 15 is 0 Å². The lowest BCUT2D eigenvalue weighted by Crippen LogP contribution is -2.56. The lowest BCUT2D eigenvalue weighted by atomic mass is 9.79. The maximum Gasteiger partial charge on any atom is 0.187 e. The molecule has 0 N–H and O–H groups in total. The Kier molecular flexibility index (Phi) is 23.6. The molecule has 0 aliphatic carbocycles. The van der Waals surface area contributed by atoms with Crippen molar-refractivity contribution in [2.45, 2.75) is 62.2 Å². The van der Waals surface area contributed by atoms with Gasteiger partial charge in [0.1, 0.15) is 11.1 Å². The van der Waals surface area contributed by atoms with E-state index in [4.69, 9.17) is 4.74 Å². The van der Waals surface area contributed by atoms with Crippen LogP contribution >= 0.6 is 0 Å². The number of morpholine rings is 1. The molecule has 6 aromatic rings. The van der Waals surface area contributed by atoms with Crippen molar-refractivity contribution >= 4 is 23.1 Å². The third-order valence-electron chi connectivity index (χ3n) is 14.4. The molecule has 0 saturated carbocycles. The van der Waals surface area contributed by atoms with Gasteiger partial charge in [-0.05, 0) is 93.4 Å². The maximum absolute atomic E-state index is 13.2. The Balaban J connectivity index is 0.000000217. The third kappa shape index (κ3) is 15.1. The average Bonchev–Trinajstić information content (AvgIpc) is 3.45. The number of hydrogen-bond acceptors (Lipinski definition) is 9. The first-order chi connectivity index (χ1) is 35.9. The highest BCUT2D eigenvalue weighted by molar-refractivity contribution is 6.05. The largest absolute Gasteiger partial charge is 0.379 e. The van der Waals surface area contributed by atoms with E-state index in [-0.39, 0.29) is 23.1 Å². The Morgan fingerprint density at radius 3 is 1.15 bits per heavy atom. The fourth-order valence-electron chi connectivity index (χ4n) is 9.23. The molecule has 7 rings (SSSR count). The number of ketones is 4. The molecule has 0 amide bonds. The first-order valence-electron chi connectivity index (χ1n) is 25.6. The van der Waals surface area contributed by atoms with Gasteiger partial charge in [0.05, 0.1) is 24.3 Å². The van der Waals surface area contributed by atoms with Gasteiger partial charge in [-0.3, -0.25) is 38.8 Å². The van der Waals surface area contributed by atoms with Crippen molar-refractivity contribution in [3.8, 4) is 0 Å². The van der Waals surface area contributed by atoms with Gasteiger partial charge in [0.15, 0.2) is 23.1 Å². The lowest BCUT2D eigenvalue weighted by molar-refractivity contribution is -0.00872. The molecule has 0 aromatic heterocycles. The van der Waals surface area contributed by atoms with Gasteiger partial charge in [0.25, 0.3) is 0 Å². The molecule has 1 aliphatic heterocycles. The molecular weight excluding hydrogens is 929 g/mol. The number of hydrogen-bond donors (Lipinski definition) is 0. The Hall–Kier alpha value is -6.98. The zero-order chi connectivity index (χ0) is 55.1. The van der Waals surface area contributed by atoms with Crippen molar-refractivity contribution in [1.82, 2.24) is 19.6 Å². The minimum Gasteiger partial charge on any atom is -0.379 e. The predicted octanol–water partition coefficient (Wildman–Crippen LogP) is 12.6. The van der Waals surface area contributed by atoms with E-state index in [9.17, 15) is 19.2 Å². The molecule has 0 radical (unpaired) electrons. The summed E-state index contributed by atoms with van der Waals surface area (Å²) >= 11 is 0. The van der Waals surface area contributed by atoms with Crippen LogP contribution in [0.4, 0.5) is 0 Å². The van der Waals surface area contributed by atoms with Crippen molar-refractivity contribution in [3.05, 3.63) is 253 Å². The second kappa shape index (κ2) is 29.2. The summed E-state index contributed by atoms with van der Waals surface area (Å²) in [6.45, 7) is 20.3. The molecule has 1 aliphatic rings. The quantitative estimate of drug-likeness (QED) is 0.0548. The number of ether oxygens (including phenoxy) is 1. The number of likely N-dealkylation sites (N-methyl/N-ethyl adjacent to an activating group) is 3. The van der Waals surface area contributed by atoms with Gasteiger partial charge in [0, 0.05) is 35.3 Å². The summed E-state index contributed by atoms with van der Waals surface area (Å²) in [6.07, 6.45) is 7.30. The van der Waals surface area contributed by atoms with Crippen LogP contribution in [0, 0.1) is 0 Å². The summed E-state index contributed by atoms with van der Waals surface area (Å²) in [5.41, 5.74) is 2.57. The molecule has 6 aromatic carbocycles. The van der Waals surface area contributed by atoms with Crippen molar-refractivity contribution in [2.75, 3.05) is 68.6 Å². The van der Waals surface area contributed by atoms with Crippen LogP contribution in [0.25, 0.3) is 0 Å². The van der Waals surface area contributed by atoms with E-state index in [1.807, 2.05) is 272 Å². The number of nitrogens with zero attached hydrogens (tertiary/aromatic N) is 4. The summed E-state index contributed by atoms with van der Waals surface area (Å²) in [7, 11) is 11.6. The summed E-state index contributed by atoms with van der Waals surface area (Å²) < 4.78 is 5.38. The standard InChI is InChI=1S/C19H21NO.C17H19NO.C16H21NO2.C14H19NO/c1-4-15-19(20(2)3,17-13-9-6-10-14-17)18(21)16-11-7-5-8-12-16;1-17(18(2)3,15-12-8-5-9-13-15)16(19)14-10-6-4-7-11-14;1-3-9-16(2,17-10-12-19-13-11-17)15(18)14-7-5-4-6-8-14;1-5-11-14(2,15(3)4)13(16)12-9-7-6-8-10-12/h4-14H,1,15H2,2-3H3;4-13H,1-3H3;3-8H,1,9-13H2,2H3;5-10H,1,11H2,2-4H3. The lowest BCUT2D eigenvalue weighted by Gasteiger charge is -2.41. The number of Topliss-reactive ketones (excluding diaryl/α,β-unsaturated/α-hetero) is 4. The predicted molar refractivity (Wildman–Crippen MR) is 310 cm³/mol. The second-order valence-electron chi connectivity index (χ2n) is 19.8. The minimum absolute atomic E-state index is 0.0965. The molecule has 9 nitrogen and oxygen atoms in total. The second-order valence-corrected chi connectivity index (χ2v) is 19.8. The Morgan fingerprint density at radius 1 is 0.440 bits per heavy atom. The summed E-state index contributed by atoms with van der Waals surface area (Å²) in [5.74, 6) is 0.511. The average molecular weight is 1010 g/mol. The van der Waals surface area contributed by atoms with Crippen LogP contribution in [0.5, 0.6) is 0 Å². The zero-order valence-corrected chi connectivity index (χ0v) is 46.0. The van der Waals surface area contributed by atoms with Gasteiger partial charge >= 0.3 is 0 Å². The molecule has 394 valence electrons. The molecule has 0 bridgehead atoms. The van der Waals surface area contributed by atoms with E-state index < -0.39 is 22.2 Å². The first-order valence-corrected chi connectivity index (χ1v) is 25.6. The van der Waals surface area contributed by atoms with Crippen LogP contribution < -0.4 is 0 Å². The van der Waals surface area contributed by atoms with Crippen molar-refractivity contribution in [2.24, 2.45) is 0 Å². The van der Waals surface area contributed by atoms with E-state index in [0.29, 0.717) is 32.5 Å². The first kappa shape index (κ1) is 60.6. The Labute approximate surface area is 448 Å². The van der Waals surface area contributed by atoms with Crippen molar-refractivity contribution < 1.29 is 23.9 Å². The number of rotatable bonds is 20. The van der Waals surface area contributed by atoms with Crippen molar-refractivity contribution in [1.29, 1.82) is 0 Å². The van der Waals surface area contributed by atoms with Crippen LogP contribution in [0.3, 0.4) is 0 Å². The van der Waals surface area contributed by atoms with E-state index in [1.165, 1.54) is 0 Å². The van der Waals surface area contributed by atoms with E-state index in [2.05, 4.69) is 24.6 Å². The van der Waals surface area contributed by atoms with Gasteiger partial charge in [-0.15, -0.1) is 19.7 Å². The van der Waals surface area contributed by atoms with Crippen LogP contribution in [0.15, 0.2) is 220 Å². The number of carbonyl (C=O) groups is 4. The SMILES string of the molecule is C=CCC(C(=O)c1ccccc1)(c1ccccc1)N(C)C.C=CCC(C)(C(=O)c1ccccc1)N(C)C.C=CCC(C)(C(=O)c1ccccc1)N1CCOCC1.CN(C)C(C)(C(=O)c1ccccc1)c1ccccc1. The maximum atomic E-state index is 13.2. The summed E-state index contributed by atoms with van der Waals surface area (Å²) in [4.78, 5) is 59.4. The van der Waals surface area contributed by atoms with Crippen LogP contribution in [0.1, 0.15) is 92.6 Å². The summed E-state index contributed by atoms with van der Waals surface area (Å²) in [6, 6.07) is 57.6. The molecule has 4 atom stereocenters. The highest BCUT2D eigenvalue weighted by Gasteiger charge is 2.42. The molecule has 75 heavy (non-hydrogen) atoms. The van der Waals surface area contributed by atoms with E-state index in [0.717, 1.165) is 46.5 Å². The van der Waals surface area contributed by atoms with Gasteiger partial charge in [-0.1, -0.05) is 200 Å². The number of carbonyl (C=O) groups excluding carboxylic acids is 4. The smallest absolute Gasteiger partial charge is 0.187 e. The molecule has 4 unspecified atom stereocenters. The monoisotopic (exact) mass is 1010 g/mol. The minimum atomic E-state index is -0.718. The Morgan fingerprint density at radius 2 is 0.787 bits per heavy atom. The van der Waals surface area contributed by atoms with Gasteiger partial charge in [-0.25, -0.2) is 0 Å². The molecule has 0 spiro atoms. The zero-order valence-electron chi connectivity index (χ0n) is 46.0. The fraction of sp³-hybridized carbons (Fsp3) is 0.303. The van der Waals surface area contributed by atoms with Crippen LogP contribution in [-0.2, 0) is 15.8 Å². The topological polar surface area (TPSA) is 90.5 Å². The Bertz CT molecular complexity index is 2710. The van der Waals surface area contributed by atoms with E-state index in [1.54, 1.807) is 6.08 Å². The van der Waals surface area contributed by atoms with Crippen LogP contribution in [-0.4, -0.2) is 122 Å². The molecule has 1 fully saturated rings. The number of benzene rings is 6. The summed E-state index contributed by atoms with van der Waals surface area (Å²) in [5, 5.41) is 0. The normalized spacial score (nSPS) is 15.5. The van der Waals surface area contributed by atoms with Gasteiger partial charge in [0.2, 0.25) is 0 Å².